The van der Waals surface area contributed by atoms with E-state index in [2.05, 4.69) is 4.98 Å². The summed E-state index contributed by atoms with van der Waals surface area (Å²) in [4.78, 5) is 17.8. The number of benzene rings is 1. The number of H-pyrrole nitrogens is 1. The zero-order chi connectivity index (χ0) is 15.5. The van der Waals surface area contributed by atoms with Gasteiger partial charge in [0.2, 0.25) is 5.91 Å². The Morgan fingerprint density at radius 2 is 2.27 bits per heavy atom. The van der Waals surface area contributed by atoms with Crippen molar-refractivity contribution in [2.24, 2.45) is 0 Å². The highest BCUT2D eigenvalue weighted by Gasteiger charge is 2.23. The Hall–Kier alpha value is -1.52. The lowest BCUT2D eigenvalue weighted by atomic mass is 10.0. The first-order chi connectivity index (χ1) is 10.7. The number of nitrogens with zero attached hydrogens (tertiary/aromatic N) is 1. The van der Waals surface area contributed by atoms with E-state index in [0.29, 0.717) is 13.0 Å². The van der Waals surface area contributed by atoms with Crippen LogP contribution in [0.4, 0.5) is 0 Å². The number of hydrogen-bond donors (Lipinski definition) is 1. The molecule has 1 aliphatic rings. The number of carbonyl (C=O) groups excluding carboxylic acids is 1. The Balaban J connectivity index is 1.71. The van der Waals surface area contributed by atoms with Crippen LogP contribution in [-0.4, -0.2) is 36.1 Å². The maximum absolute atomic E-state index is 12.3. The van der Waals surface area contributed by atoms with E-state index in [4.69, 9.17) is 16.3 Å². The largest absolute Gasteiger partial charge is 0.385 e. The fraction of sp³-hybridized carbons (Fsp3) is 0.471. The molecule has 0 saturated carbocycles. The highest BCUT2D eigenvalue weighted by molar-refractivity contribution is 6.31. The third-order valence-electron chi connectivity index (χ3n) is 4.28. The summed E-state index contributed by atoms with van der Waals surface area (Å²) in [6.45, 7) is 2.19. The van der Waals surface area contributed by atoms with Gasteiger partial charge in [0.15, 0.2) is 0 Å². The second-order valence-electron chi connectivity index (χ2n) is 5.79. The maximum atomic E-state index is 12.3. The van der Waals surface area contributed by atoms with Gasteiger partial charge >= 0.3 is 0 Å². The molecule has 0 fully saturated rings. The van der Waals surface area contributed by atoms with Crippen molar-refractivity contribution in [2.45, 2.75) is 32.2 Å². The summed E-state index contributed by atoms with van der Waals surface area (Å²) in [5, 5.41) is 1.87. The molecule has 1 aromatic heterocycles. The van der Waals surface area contributed by atoms with Crippen molar-refractivity contribution in [3.8, 4) is 0 Å². The summed E-state index contributed by atoms with van der Waals surface area (Å²) < 4.78 is 5.02. The number of fused-ring (bicyclic) bond motifs is 3. The number of rotatable bonds is 5. The van der Waals surface area contributed by atoms with Crippen LogP contribution in [0.2, 0.25) is 5.02 Å². The molecule has 4 nitrogen and oxygen atoms in total. The fourth-order valence-electron chi connectivity index (χ4n) is 3.08. The van der Waals surface area contributed by atoms with E-state index in [1.54, 1.807) is 7.11 Å². The first-order valence-corrected chi connectivity index (χ1v) is 8.12. The Labute approximate surface area is 135 Å². The van der Waals surface area contributed by atoms with Crippen molar-refractivity contribution < 1.29 is 9.53 Å². The van der Waals surface area contributed by atoms with E-state index in [1.165, 1.54) is 11.3 Å². The number of nitrogens with one attached hydrogen (secondary N) is 1. The van der Waals surface area contributed by atoms with Crippen molar-refractivity contribution in [1.82, 2.24) is 9.88 Å². The van der Waals surface area contributed by atoms with Gasteiger partial charge in [-0.2, -0.15) is 0 Å². The number of aromatic amines is 1. The highest BCUT2D eigenvalue weighted by Crippen LogP contribution is 2.30. The van der Waals surface area contributed by atoms with Crippen LogP contribution in [0.5, 0.6) is 0 Å². The van der Waals surface area contributed by atoms with Gasteiger partial charge in [0.05, 0.1) is 0 Å². The Kier molecular flexibility index (Phi) is 4.69. The van der Waals surface area contributed by atoms with Crippen LogP contribution in [0.15, 0.2) is 18.2 Å². The molecule has 3 rings (SSSR count). The molecular weight excluding hydrogens is 300 g/mol. The van der Waals surface area contributed by atoms with E-state index in [9.17, 15) is 4.79 Å². The zero-order valence-electron chi connectivity index (χ0n) is 12.8. The SMILES string of the molecule is COCCCCC(=O)N1CCc2[nH]c3ccc(Cl)cc3c2C1. The molecule has 0 aliphatic carbocycles. The minimum absolute atomic E-state index is 0.234. The van der Waals surface area contributed by atoms with Gasteiger partial charge in [0.1, 0.15) is 0 Å². The lowest BCUT2D eigenvalue weighted by Crippen LogP contribution is -2.35. The summed E-state index contributed by atoms with van der Waals surface area (Å²) in [5.41, 5.74) is 3.55. The summed E-state index contributed by atoms with van der Waals surface area (Å²) in [6.07, 6.45) is 3.30. The summed E-state index contributed by atoms with van der Waals surface area (Å²) in [5.74, 6) is 0.234. The number of halogens is 1. The van der Waals surface area contributed by atoms with E-state index in [-0.39, 0.29) is 5.91 Å². The quantitative estimate of drug-likeness (QED) is 0.857. The van der Waals surface area contributed by atoms with Gasteiger partial charge in [0, 0.05) is 66.8 Å². The molecular formula is C17H21ClN2O2. The van der Waals surface area contributed by atoms with Crippen molar-refractivity contribution >= 4 is 28.4 Å². The van der Waals surface area contributed by atoms with Gasteiger partial charge < -0.3 is 14.6 Å². The van der Waals surface area contributed by atoms with Crippen molar-refractivity contribution in [3.05, 3.63) is 34.5 Å². The van der Waals surface area contributed by atoms with Gasteiger partial charge in [-0.1, -0.05) is 11.6 Å². The number of methoxy groups -OCH3 is 1. The average Bonchev–Trinajstić information content (AvgIpc) is 2.88. The van der Waals surface area contributed by atoms with Gasteiger partial charge in [-0.15, -0.1) is 0 Å². The molecule has 0 unspecified atom stereocenters. The molecule has 1 aromatic carbocycles. The number of unbranched alkanes of at least 4 members (excludes halogenated alkanes) is 1. The maximum Gasteiger partial charge on any atom is 0.222 e. The topological polar surface area (TPSA) is 45.3 Å². The second-order valence-corrected chi connectivity index (χ2v) is 6.22. The van der Waals surface area contributed by atoms with E-state index < -0.39 is 0 Å². The number of aromatic nitrogens is 1. The first-order valence-electron chi connectivity index (χ1n) is 7.74. The summed E-state index contributed by atoms with van der Waals surface area (Å²) in [6, 6.07) is 5.89. The minimum atomic E-state index is 0.234. The Morgan fingerprint density at radius 3 is 3.09 bits per heavy atom. The van der Waals surface area contributed by atoms with Crippen molar-refractivity contribution in [3.63, 3.8) is 0 Å². The highest BCUT2D eigenvalue weighted by atomic mass is 35.5. The standard InChI is InChI=1S/C17H21ClN2O2/c1-22-9-3-2-4-17(21)20-8-7-16-14(11-20)13-10-12(18)5-6-15(13)19-16/h5-6,10,19H,2-4,7-9,11H2,1H3. The predicted molar refractivity (Wildman–Crippen MR) is 88.2 cm³/mol. The number of ether oxygens (including phenoxy) is 1. The fourth-order valence-corrected chi connectivity index (χ4v) is 3.25. The van der Waals surface area contributed by atoms with Crippen LogP contribution in [0.3, 0.4) is 0 Å². The molecule has 0 spiro atoms. The summed E-state index contributed by atoms with van der Waals surface area (Å²) in [7, 11) is 1.69. The van der Waals surface area contributed by atoms with Crippen LogP contribution in [0.25, 0.3) is 10.9 Å². The number of hydrogen-bond acceptors (Lipinski definition) is 2. The lowest BCUT2D eigenvalue weighted by Gasteiger charge is -2.27. The van der Waals surface area contributed by atoms with Gasteiger partial charge in [-0.05, 0) is 31.0 Å². The van der Waals surface area contributed by atoms with E-state index in [0.717, 1.165) is 48.3 Å². The molecule has 1 N–H and O–H groups in total. The first kappa shape index (κ1) is 15.4. The normalized spacial score (nSPS) is 14.4. The smallest absolute Gasteiger partial charge is 0.222 e. The van der Waals surface area contributed by atoms with Crippen molar-refractivity contribution in [1.29, 1.82) is 0 Å². The third-order valence-corrected chi connectivity index (χ3v) is 4.51. The third kappa shape index (κ3) is 3.13. The molecule has 1 amide bonds. The van der Waals surface area contributed by atoms with Gasteiger partial charge in [0.25, 0.3) is 0 Å². The van der Waals surface area contributed by atoms with Crippen LogP contribution in [-0.2, 0) is 22.5 Å². The predicted octanol–water partition coefficient (Wildman–Crippen LogP) is 3.52. The molecule has 0 bridgehead atoms. The lowest BCUT2D eigenvalue weighted by molar-refractivity contribution is -0.132. The molecule has 22 heavy (non-hydrogen) atoms. The summed E-state index contributed by atoms with van der Waals surface area (Å²) >= 11 is 6.11. The minimum Gasteiger partial charge on any atom is -0.385 e. The molecule has 0 radical (unpaired) electrons. The Morgan fingerprint density at radius 1 is 1.41 bits per heavy atom. The second kappa shape index (κ2) is 6.71. The number of carbonyl (C=O) groups is 1. The molecule has 5 heteroatoms. The van der Waals surface area contributed by atoms with Gasteiger partial charge in [-0.3, -0.25) is 4.79 Å². The van der Waals surface area contributed by atoms with Crippen molar-refractivity contribution in [2.75, 3.05) is 20.3 Å². The van der Waals surface area contributed by atoms with Gasteiger partial charge in [-0.25, -0.2) is 0 Å². The number of amides is 1. The molecule has 0 saturated heterocycles. The van der Waals surface area contributed by atoms with Crippen LogP contribution < -0.4 is 0 Å². The van der Waals surface area contributed by atoms with E-state index in [1.807, 2.05) is 23.1 Å². The molecule has 2 aromatic rings. The van der Waals surface area contributed by atoms with E-state index >= 15 is 0 Å². The zero-order valence-corrected chi connectivity index (χ0v) is 13.6. The van der Waals surface area contributed by atoms with Crippen LogP contribution in [0.1, 0.15) is 30.5 Å². The molecule has 1 aliphatic heterocycles. The Bertz CT molecular complexity index is 681. The van der Waals surface area contributed by atoms with Crippen LogP contribution >= 0.6 is 11.6 Å². The average molecular weight is 321 g/mol. The molecule has 0 atom stereocenters. The molecule has 118 valence electrons. The monoisotopic (exact) mass is 320 g/mol. The molecule has 2 heterocycles. The van der Waals surface area contributed by atoms with Crippen LogP contribution in [0, 0.1) is 0 Å².